The van der Waals surface area contributed by atoms with E-state index in [4.69, 9.17) is 9.47 Å². The minimum atomic E-state index is -3.67. The molecule has 34 heavy (non-hydrogen) atoms. The fourth-order valence-corrected chi connectivity index (χ4v) is 4.60. The maximum absolute atomic E-state index is 12.8. The normalized spacial score (nSPS) is 11.4. The van der Waals surface area contributed by atoms with Crippen LogP contribution in [0.25, 0.3) is 0 Å². The molecule has 0 aliphatic rings. The van der Waals surface area contributed by atoms with Crippen molar-refractivity contribution in [2.45, 2.75) is 31.9 Å². The zero-order chi connectivity index (χ0) is 24.9. The van der Waals surface area contributed by atoms with Crippen LogP contribution in [0.15, 0.2) is 65.6 Å². The largest absolute Gasteiger partial charge is 0.493 e. The molecule has 0 aliphatic heterocycles. The molecule has 0 aliphatic carbocycles. The summed E-state index contributed by atoms with van der Waals surface area (Å²) in [5.41, 5.74) is 3.52. The van der Waals surface area contributed by atoms with Gasteiger partial charge in [0.1, 0.15) is 6.61 Å². The number of carbonyl (C=O) groups excluding carboxylic acids is 1. The third-order valence-electron chi connectivity index (χ3n) is 5.56. The predicted octanol–water partition coefficient (Wildman–Crippen LogP) is 4.07. The number of rotatable bonds is 9. The van der Waals surface area contributed by atoms with Gasteiger partial charge >= 0.3 is 0 Å². The van der Waals surface area contributed by atoms with Gasteiger partial charge < -0.3 is 14.8 Å². The number of methoxy groups -OCH3 is 1. The summed E-state index contributed by atoms with van der Waals surface area (Å²) in [5.74, 6) is 0.809. The highest BCUT2D eigenvalue weighted by Crippen LogP contribution is 2.29. The number of sulfonamides is 1. The van der Waals surface area contributed by atoms with E-state index in [1.807, 2.05) is 42.5 Å². The molecule has 0 bridgehead atoms. The third-order valence-corrected chi connectivity index (χ3v) is 7.50. The molecule has 180 valence electrons. The van der Waals surface area contributed by atoms with Gasteiger partial charge in [-0.3, -0.25) is 4.79 Å². The number of ether oxygens (including phenoxy) is 2. The molecule has 7 nitrogen and oxygen atoms in total. The van der Waals surface area contributed by atoms with Gasteiger partial charge in [0.05, 0.1) is 12.0 Å². The van der Waals surface area contributed by atoms with Crippen molar-refractivity contribution in [2.24, 2.45) is 0 Å². The zero-order valence-electron chi connectivity index (χ0n) is 20.1. The van der Waals surface area contributed by atoms with Crippen LogP contribution in [0.2, 0.25) is 0 Å². The van der Waals surface area contributed by atoms with E-state index < -0.39 is 10.0 Å². The summed E-state index contributed by atoms with van der Waals surface area (Å²) in [6.45, 7) is 4.19. The number of aryl methyl sites for hydroxylation is 1. The predicted molar refractivity (Wildman–Crippen MR) is 132 cm³/mol. The molecule has 8 heteroatoms. The quantitative estimate of drug-likeness (QED) is 0.497. The summed E-state index contributed by atoms with van der Waals surface area (Å²) in [4.78, 5) is 13.0. The Hall–Kier alpha value is -3.36. The summed E-state index contributed by atoms with van der Waals surface area (Å²) in [5, 5.41) is 2.85. The van der Waals surface area contributed by atoms with Crippen molar-refractivity contribution in [1.29, 1.82) is 0 Å². The lowest BCUT2D eigenvalue weighted by Gasteiger charge is -2.17. The molecule has 0 unspecified atom stereocenters. The van der Waals surface area contributed by atoms with E-state index in [0.717, 1.165) is 21.0 Å². The average molecular weight is 483 g/mol. The standard InChI is InChI=1S/C26H30N2O5S/c1-18-13-22(15-25(19(18)2)34(30,31)28(3)4)26(29)27-16-21-11-12-23(24(14-21)32-5)33-17-20-9-7-6-8-10-20/h6-15H,16-17H2,1-5H3,(H,27,29). The monoisotopic (exact) mass is 482 g/mol. The molecule has 0 aromatic heterocycles. The van der Waals surface area contributed by atoms with Crippen molar-refractivity contribution in [2.75, 3.05) is 21.2 Å². The van der Waals surface area contributed by atoms with Gasteiger partial charge in [0.2, 0.25) is 10.0 Å². The molecule has 3 aromatic rings. The van der Waals surface area contributed by atoms with Crippen molar-refractivity contribution < 1.29 is 22.7 Å². The van der Waals surface area contributed by atoms with E-state index in [1.165, 1.54) is 20.2 Å². The van der Waals surface area contributed by atoms with E-state index in [0.29, 0.717) is 29.2 Å². The van der Waals surface area contributed by atoms with Crippen LogP contribution in [0.1, 0.15) is 32.6 Å². The van der Waals surface area contributed by atoms with Gasteiger partial charge in [-0.05, 0) is 60.4 Å². The Morgan fingerprint density at radius 3 is 2.29 bits per heavy atom. The molecule has 0 fully saturated rings. The lowest BCUT2D eigenvalue weighted by Crippen LogP contribution is -2.26. The molecule has 0 radical (unpaired) electrons. The maximum Gasteiger partial charge on any atom is 0.251 e. The molecule has 3 aromatic carbocycles. The fourth-order valence-electron chi connectivity index (χ4n) is 3.38. The summed E-state index contributed by atoms with van der Waals surface area (Å²) >= 11 is 0. The number of carbonyl (C=O) groups is 1. The first kappa shape index (κ1) is 25.3. The number of nitrogens with one attached hydrogen (secondary N) is 1. The molecule has 1 amide bonds. The molecule has 0 saturated heterocycles. The number of hydrogen-bond acceptors (Lipinski definition) is 5. The van der Waals surface area contributed by atoms with Gasteiger partial charge in [0.25, 0.3) is 5.91 Å². The van der Waals surface area contributed by atoms with Gasteiger partial charge in [0, 0.05) is 26.2 Å². The SMILES string of the molecule is COc1cc(CNC(=O)c2cc(C)c(C)c(S(=O)(=O)N(C)C)c2)ccc1OCc1ccccc1. The number of amides is 1. The number of benzene rings is 3. The second-order valence-electron chi connectivity index (χ2n) is 8.15. The Morgan fingerprint density at radius 1 is 0.941 bits per heavy atom. The van der Waals surface area contributed by atoms with Crippen LogP contribution in [0.5, 0.6) is 11.5 Å². The van der Waals surface area contributed by atoms with Crippen molar-refractivity contribution >= 4 is 15.9 Å². The van der Waals surface area contributed by atoms with Gasteiger partial charge in [-0.25, -0.2) is 12.7 Å². The Labute approximate surface area is 201 Å². The van der Waals surface area contributed by atoms with Crippen molar-refractivity contribution in [3.8, 4) is 11.5 Å². The second kappa shape index (κ2) is 10.7. The topological polar surface area (TPSA) is 84.9 Å². The van der Waals surface area contributed by atoms with Crippen LogP contribution in [0.3, 0.4) is 0 Å². The molecule has 0 spiro atoms. The first-order valence-corrected chi connectivity index (χ1v) is 12.2. The Kier molecular flexibility index (Phi) is 7.96. The van der Waals surface area contributed by atoms with E-state index >= 15 is 0 Å². The Balaban J connectivity index is 1.73. The fraction of sp³-hybridized carbons (Fsp3) is 0.269. The Morgan fingerprint density at radius 2 is 1.65 bits per heavy atom. The average Bonchev–Trinajstić information content (AvgIpc) is 2.83. The lowest BCUT2D eigenvalue weighted by atomic mass is 10.1. The third kappa shape index (κ3) is 5.76. The zero-order valence-corrected chi connectivity index (χ0v) is 20.9. The molecule has 0 saturated carbocycles. The minimum Gasteiger partial charge on any atom is -0.493 e. The van der Waals surface area contributed by atoms with Crippen LogP contribution >= 0.6 is 0 Å². The van der Waals surface area contributed by atoms with E-state index in [9.17, 15) is 13.2 Å². The molecule has 3 rings (SSSR count). The van der Waals surface area contributed by atoms with Gasteiger partial charge in [-0.1, -0.05) is 36.4 Å². The maximum atomic E-state index is 12.8. The minimum absolute atomic E-state index is 0.129. The summed E-state index contributed by atoms with van der Waals surface area (Å²) in [7, 11) is 0.834. The van der Waals surface area contributed by atoms with E-state index in [2.05, 4.69) is 5.32 Å². The van der Waals surface area contributed by atoms with Crippen LogP contribution in [0.4, 0.5) is 0 Å². The van der Waals surface area contributed by atoms with Crippen molar-refractivity contribution in [3.05, 3.63) is 88.5 Å². The van der Waals surface area contributed by atoms with Crippen molar-refractivity contribution in [1.82, 2.24) is 9.62 Å². The molecule has 0 heterocycles. The molecule has 1 N–H and O–H groups in total. The van der Waals surface area contributed by atoms with Crippen LogP contribution in [0, 0.1) is 13.8 Å². The first-order valence-electron chi connectivity index (χ1n) is 10.8. The smallest absolute Gasteiger partial charge is 0.251 e. The highest BCUT2D eigenvalue weighted by atomic mass is 32.2. The highest BCUT2D eigenvalue weighted by molar-refractivity contribution is 7.89. The van der Waals surface area contributed by atoms with Gasteiger partial charge in [-0.2, -0.15) is 0 Å². The van der Waals surface area contributed by atoms with E-state index in [-0.39, 0.29) is 17.3 Å². The molecule has 0 atom stereocenters. The Bertz CT molecular complexity index is 1270. The molecular formula is C26H30N2O5S. The summed E-state index contributed by atoms with van der Waals surface area (Å²) < 4.78 is 37.8. The number of nitrogens with zero attached hydrogens (tertiary/aromatic N) is 1. The van der Waals surface area contributed by atoms with Gasteiger partial charge in [-0.15, -0.1) is 0 Å². The summed E-state index contributed by atoms with van der Waals surface area (Å²) in [6, 6.07) is 18.4. The number of hydrogen-bond donors (Lipinski definition) is 1. The highest BCUT2D eigenvalue weighted by Gasteiger charge is 2.23. The van der Waals surface area contributed by atoms with Crippen LogP contribution in [-0.2, 0) is 23.2 Å². The van der Waals surface area contributed by atoms with Crippen molar-refractivity contribution in [3.63, 3.8) is 0 Å². The van der Waals surface area contributed by atoms with Gasteiger partial charge in [0.15, 0.2) is 11.5 Å². The molecular weight excluding hydrogens is 452 g/mol. The summed E-state index contributed by atoms with van der Waals surface area (Å²) in [6.07, 6.45) is 0. The first-order chi connectivity index (χ1) is 16.1. The lowest BCUT2D eigenvalue weighted by molar-refractivity contribution is 0.0950. The van der Waals surface area contributed by atoms with Crippen LogP contribution in [-0.4, -0.2) is 39.8 Å². The second-order valence-corrected chi connectivity index (χ2v) is 10.3. The van der Waals surface area contributed by atoms with Crippen LogP contribution < -0.4 is 14.8 Å². The van der Waals surface area contributed by atoms with E-state index in [1.54, 1.807) is 33.1 Å².